The van der Waals surface area contributed by atoms with E-state index < -0.39 is 43.3 Å². The molecule has 0 fully saturated rings. The zero-order valence-electron chi connectivity index (χ0n) is 15.8. The Morgan fingerprint density at radius 3 is 2.03 bits per heavy atom. The summed E-state index contributed by atoms with van der Waals surface area (Å²) in [6, 6.07) is 9.83. The van der Waals surface area contributed by atoms with Crippen molar-refractivity contribution in [2.75, 3.05) is 6.54 Å². The van der Waals surface area contributed by atoms with Crippen LogP contribution in [0.15, 0.2) is 58.3 Å². The summed E-state index contributed by atoms with van der Waals surface area (Å²) in [7, 11) is -8.02. The Morgan fingerprint density at radius 1 is 0.931 bits per heavy atom. The van der Waals surface area contributed by atoms with Gasteiger partial charge in [0, 0.05) is 6.54 Å². The highest BCUT2D eigenvalue weighted by atomic mass is 32.2. The van der Waals surface area contributed by atoms with Crippen LogP contribution in [0.5, 0.6) is 5.75 Å². The number of alkyl halides is 3. The molecule has 0 amide bonds. The lowest BCUT2D eigenvalue weighted by molar-refractivity contribution is -0.274. The van der Waals surface area contributed by atoms with E-state index in [-0.39, 0.29) is 9.79 Å². The van der Waals surface area contributed by atoms with Crippen molar-refractivity contribution in [3.8, 4) is 5.75 Å². The van der Waals surface area contributed by atoms with Crippen molar-refractivity contribution in [2.45, 2.75) is 41.7 Å². The number of sulfonamides is 1. The smallest absolute Gasteiger partial charge is 0.406 e. The van der Waals surface area contributed by atoms with Crippen LogP contribution < -0.4 is 9.46 Å². The molecule has 2 aromatic carbocycles. The molecule has 0 heterocycles. The van der Waals surface area contributed by atoms with Crippen LogP contribution in [-0.2, 0) is 19.9 Å². The highest BCUT2D eigenvalue weighted by molar-refractivity contribution is 7.93. The van der Waals surface area contributed by atoms with Crippen LogP contribution in [0.25, 0.3) is 0 Å². The fourth-order valence-electron chi connectivity index (χ4n) is 2.37. The largest absolute Gasteiger partial charge is 0.573 e. The van der Waals surface area contributed by atoms with Crippen LogP contribution in [0.4, 0.5) is 13.2 Å². The minimum Gasteiger partial charge on any atom is -0.406 e. The molecule has 0 aliphatic carbocycles. The minimum atomic E-state index is -4.90. The van der Waals surface area contributed by atoms with Gasteiger partial charge in [-0.05, 0) is 62.7 Å². The van der Waals surface area contributed by atoms with Gasteiger partial charge in [-0.1, -0.05) is 12.1 Å². The number of ether oxygens (including phenoxy) is 1. The van der Waals surface area contributed by atoms with Gasteiger partial charge in [-0.25, -0.2) is 21.6 Å². The van der Waals surface area contributed by atoms with Crippen LogP contribution in [0, 0.1) is 6.92 Å². The summed E-state index contributed by atoms with van der Waals surface area (Å²) in [5.41, 5.74) is 0.739. The van der Waals surface area contributed by atoms with E-state index >= 15 is 0 Å². The van der Waals surface area contributed by atoms with Crippen molar-refractivity contribution < 1.29 is 34.7 Å². The van der Waals surface area contributed by atoms with Crippen LogP contribution in [-0.4, -0.2) is 34.5 Å². The first kappa shape index (κ1) is 23.2. The molecular formula is C18H20F3NO5S2. The summed E-state index contributed by atoms with van der Waals surface area (Å²) in [5.74, 6) is -0.571. The number of sulfone groups is 1. The van der Waals surface area contributed by atoms with Crippen molar-refractivity contribution in [3.05, 3.63) is 54.1 Å². The number of nitrogens with one attached hydrogen (secondary N) is 1. The predicted molar refractivity (Wildman–Crippen MR) is 101 cm³/mol. The molecule has 11 heteroatoms. The topological polar surface area (TPSA) is 89.5 Å². The highest BCUT2D eigenvalue weighted by Crippen LogP contribution is 2.27. The molecule has 0 bridgehead atoms. The summed E-state index contributed by atoms with van der Waals surface area (Å²) >= 11 is 0. The molecular weight excluding hydrogens is 431 g/mol. The maximum atomic E-state index is 12.9. The van der Waals surface area contributed by atoms with Crippen molar-refractivity contribution >= 4 is 19.9 Å². The predicted octanol–water partition coefficient (Wildman–Crippen LogP) is 3.42. The molecule has 0 spiro atoms. The van der Waals surface area contributed by atoms with Crippen molar-refractivity contribution in [1.82, 2.24) is 4.72 Å². The maximum Gasteiger partial charge on any atom is 0.573 e. The molecule has 2 aromatic rings. The van der Waals surface area contributed by atoms with Crippen LogP contribution in [0.2, 0.25) is 0 Å². The molecule has 2 rings (SSSR count). The Balaban J connectivity index is 2.18. The fourth-order valence-corrected chi connectivity index (χ4v) is 5.17. The lowest BCUT2D eigenvalue weighted by Crippen LogP contribution is -2.44. The molecule has 6 nitrogen and oxygen atoms in total. The van der Waals surface area contributed by atoms with E-state index in [0.29, 0.717) is 0 Å². The van der Waals surface area contributed by atoms with E-state index in [9.17, 15) is 30.0 Å². The Hall–Kier alpha value is -2.11. The zero-order valence-corrected chi connectivity index (χ0v) is 17.5. The summed E-state index contributed by atoms with van der Waals surface area (Å²) in [4.78, 5) is -0.258. The standard InChI is InChI=1S/C18H20F3NO5S2/c1-13-5-4-6-16(11-13)28(23,24)17(2,3)12-22-29(25,26)15-9-7-14(8-10-15)27-18(19,20)21/h4-11,22H,12H2,1-3H3. The third-order valence-electron chi connectivity index (χ3n) is 4.08. The van der Waals surface area contributed by atoms with Crippen molar-refractivity contribution in [1.29, 1.82) is 0 Å². The number of rotatable bonds is 7. The molecule has 0 radical (unpaired) electrons. The van der Waals surface area contributed by atoms with Gasteiger partial charge in [0.15, 0.2) is 9.84 Å². The number of halogens is 3. The van der Waals surface area contributed by atoms with Gasteiger partial charge in [0.1, 0.15) is 5.75 Å². The molecule has 29 heavy (non-hydrogen) atoms. The van der Waals surface area contributed by atoms with E-state index in [1.54, 1.807) is 19.1 Å². The third-order valence-corrected chi connectivity index (χ3v) is 7.97. The van der Waals surface area contributed by atoms with E-state index in [1.165, 1.54) is 26.0 Å². The molecule has 0 saturated carbocycles. The van der Waals surface area contributed by atoms with Gasteiger partial charge in [0.2, 0.25) is 10.0 Å². The second kappa shape index (κ2) is 7.96. The van der Waals surface area contributed by atoms with Gasteiger partial charge < -0.3 is 4.74 Å². The summed E-state index contributed by atoms with van der Waals surface area (Å²) < 4.78 is 91.6. The van der Waals surface area contributed by atoms with Crippen molar-refractivity contribution in [2.24, 2.45) is 0 Å². The third kappa shape index (κ3) is 5.71. The quantitative estimate of drug-likeness (QED) is 0.697. The van der Waals surface area contributed by atoms with Gasteiger partial charge in [-0.3, -0.25) is 0 Å². The van der Waals surface area contributed by atoms with E-state index in [4.69, 9.17) is 0 Å². The lowest BCUT2D eigenvalue weighted by Gasteiger charge is -2.25. The fraction of sp³-hybridized carbons (Fsp3) is 0.333. The molecule has 160 valence electrons. The van der Waals surface area contributed by atoms with Crippen LogP contribution in [0.3, 0.4) is 0 Å². The Labute approximate surface area is 167 Å². The van der Waals surface area contributed by atoms with Crippen LogP contribution >= 0.6 is 0 Å². The number of hydrogen-bond acceptors (Lipinski definition) is 5. The van der Waals surface area contributed by atoms with E-state index in [0.717, 1.165) is 29.8 Å². The van der Waals surface area contributed by atoms with Gasteiger partial charge >= 0.3 is 6.36 Å². The molecule has 0 saturated heterocycles. The first-order chi connectivity index (χ1) is 13.1. The second-order valence-corrected chi connectivity index (χ2v) is 11.3. The normalized spacial score (nSPS) is 13.3. The molecule has 0 unspecified atom stereocenters. The monoisotopic (exact) mass is 451 g/mol. The van der Waals surface area contributed by atoms with E-state index in [1.807, 2.05) is 0 Å². The maximum absolute atomic E-state index is 12.9. The second-order valence-electron chi connectivity index (χ2n) is 6.92. The first-order valence-electron chi connectivity index (χ1n) is 8.31. The average molecular weight is 451 g/mol. The average Bonchev–Trinajstić information content (AvgIpc) is 2.59. The molecule has 0 atom stereocenters. The minimum absolute atomic E-state index is 0.0651. The van der Waals surface area contributed by atoms with Gasteiger partial charge in [-0.2, -0.15) is 0 Å². The first-order valence-corrected chi connectivity index (χ1v) is 11.3. The molecule has 0 aliphatic rings. The number of aryl methyl sites for hydroxylation is 1. The summed E-state index contributed by atoms with van der Waals surface area (Å²) in [6.07, 6.45) is -4.90. The van der Waals surface area contributed by atoms with E-state index in [2.05, 4.69) is 9.46 Å². The molecule has 1 N–H and O–H groups in total. The van der Waals surface area contributed by atoms with Gasteiger partial charge in [0.05, 0.1) is 14.5 Å². The SMILES string of the molecule is Cc1cccc(S(=O)(=O)C(C)(C)CNS(=O)(=O)c2ccc(OC(F)(F)F)cc2)c1. The van der Waals surface area contributed by atoms with Gasteiger partial charge in [-0.15, -0.1) is 13.2 Å². The Morgan fingerprint density at radius 2 is 1.52 bits per heavy atom. The van der Waals surface area contributed by atoms with Gasteiger partial charge in [0.25, 0.3) is 0 Å². The Kier molecular flexibility index (Phi) is 6.36. The van der Waals surface area contributed by atoms with Crippen LogP contribution in [0.1, 0.15) is 19.4 Å². The zero-order chi connectivity index (χ0) is 22.1. The Bertz CT molecular complexity index is 1080. The molecule has 0 aliphatic heterocycles. The number of hydrogen-bond donors (Lipinski definition) is 1. The molecule has 0 aromatic heterocycles. The highest BCUT2D eigenvalue weighted by Gasteiger charge is 2.37. The summed E-state index contributed by atoms with van der Waals surface area (Å²) in [6.45, 7) is 4.06. The van der Waals surface area contributed by atoms with Crippen molar-refractivity contribution in [3.63, 3.8) is 0 Å². The number of benzene rings is 2. The lowest BCUT2D eigenvalue weighted by atomic mass is 10.2. The summed E-state index contributed by atoms with van der Waals surface area (Å²) in [5, 5.41) is 0.